The highest BCUT2D eigenvalue weighted by Gasteiger charge is 2.27. The van der Waals surface area contributed by atoms with E-state index in [2.05, 4.69) is 20.8 Å². The van der Waals surface area contributed by atoms with Gasteiger partial charge >= 0.3 is 0 Å². The van der Waals surface area contributed by atoms with Crippen LogP contribution in [-0.4, -0.2) is 51.8 Å². The molecule has 20 heavy (non-hydrogen) atoms. The van der Waals surface area contributed by atoms with E-state index in [9.17, 15) is 0 Å². The van der Waals surface area contributed by atoms with Crippen molar-refractivity contribution < 1.29 is 4.74 Å². The maximum Gasteiger partial charge on any atom is 0.214 e. The number of rotatable bonds is 4. The van der Waals surface area contributed by atoms with Crippen molar-refractivity contribution in [3.8, 4) is 5.69 Å². The summed E-state index contributed by atoms with van der Waals surface area (Å²) in [6, 6.07) is 10.3. The van der Waals surface area contributed by atoms with E-state index < -0.39 is 0 Å². The molecule has 7 heteroatoms. The van der Waals surface area contributed by atoms with Gasteiger partial charge in [0.25, 0.3) is 0 Å². The van der Waals surface area contributed by atoms with Crippen molar-refractivity contribution in [2.45, 2.75) is 22.9 Å². The molecule has 2 aromatic rings. The minimum atomic E-state index is 0.321. The third-order valence-corrected chi connectivity index (χ3v) is 4.61. The molecule has 1 aliphatic rings. The van der Waals surface area contributed by atoms with Crippen LogP contribution < -0.4 is 5.32 Å². The van der Waals surface area contributed by atoms with Crippen LogP contribution in [0.25, 0.3) is 5.69 Å². The number of para-hydroxylation sites is 1. The molecule has 1 aliphatic heterocycles. The van der Waals surface area contributed by atoms with Crippen molar-refractivity contribution in [1.82, 2.24) is 25.5 Å². The van der Waals surface area contributed by atoms with Gasteiger partial charge in [0.2, 0.25) is 5.16 Å². The van der Waals surface area contributed by atoms with Gasteiger partial charge in [-0.2, -0.15) is 4.68 Å². The van der Waals surface area contributed by atoms with Gasteiger partial charge in [-0.1, -0.05) is 30.0 Å². The van der Waals surface area contributed by atoms with E-state index in [1.54, 1.807) is 16.4 Å². The normalized spacial score (nSPS) is 22.9. The number of aromatic nitrogens is 4. The maximum absolute atomic E-state index is 5.57. The number of nitrogens with one attached hydrogen (secondary N) is 1. The smallest absolute Gasteiger partial charge is 0.214 e. The summed E-state index contributed by atoms with van der Waals surface area (Å²) in [5, 5.41) is 16.5. The lowest BCUT2D eigenvalue weighted by atomic mass is 10.1. The Morgan fingerprint density at radius 1 is 1.35 bits per heavy atom. The predicted molar refractivity (Wildman–Crippen MR) is 77.1 cm³/mol. The van der Waals surface area contributed by atoms with E-state index in [1.807, 2.05) is 37.4 Å². The van der Waals surface area contributed by atoms with Crippen molar-refractivity contribution in [2.24, 2.45) is 0 Å². The molecule has 1 aromatic heterocycles. The molecule has 1 saturated heterocycles. The molecule has 1 N–H and O–H groups in total. The van der Waals surface area contributed by atoms with Crippen LogP contribution in [0.3, 0.4) is 0 Å². The first-order chi connectivity index (χ1) is 9.88. The molecule has 2 atom stereocenters. The lowest BCUT2D eigenvalue weighted by Crippen LogP contribution is -2.43. The SMILES string of the molecule is CNC1CCOCC1Sc1nnnn1-c1ccccc1. The number of thioether (sulfide) groups is 1. The largest absolute Gasteiger partial charge is 0.380 e. The summed E-state index contributed by atoms with van der Waals surface area (Å²) < 4.78 is 7.34. The Morgan fingerprint density at radius 2 is 2.20 bits per heavy atom. The molecule has 0 saturated carbocycles. The van der Waals surface area contributed by atoms with Crippen molar-refractivity contribution in [1.29, 1.82) is 0 Å². The van der Waals surface area contributed by atoms with Gasteiger partial charge in [-0.15, -0.1) is 5.10 Å². The summed E-state index contributed by atoms with van der Waals surface area (Å²) in [7, 11) is 1.99. The van der Waals surface area contributed by atoms with E-state index in [-0.39, 0.29) is 0 Å². The first kappa shape index (κ1) is 13.5. The van der Waals surface area contributed by atoms with Gasteiger partial charge in [0.1, 0.15) is 0 Å². The third kappa shape index (κ3) is 2.84. The molecule has 0 spiro atoms. The Balaban J connectivity index is 1.80. The summed E-state index contributed by atoms with van der Waals surface area (Å²) >= 11 is 1.66. The van der Waals surface area contributed by atoms with Gasteiger partial charge in [-0.3, -0.25) is 0 Å². The molecule has 1 aromatic carbocycles. The minimum absolute atomic E-state index is 0.321. The van der Waals surface area contributed by atoms with E-state index in [0.29, 0.717) is 11.3 Å². The molecule has 1 fully saturated rings. The monoisotopic (exact) mass is 291 g/mol. The molecule has 3 rings (SSSR count). The number of nitrogens with zero attached hydrogens (tertiary/aromatic N) is 4. The Kier molecular flexibility index (Phi) is 4.29. The zero-order valence-corrected chi connectivity index (χ0v) is 12.1. The van der Waals surface area contributed by atoms with Gasteiger partial charge in [0.15, 0.2) is 0 Å². The van der Waals surface area contributed by atoms with E-state index >= 15 is 0 Å². The Bertz CT molecular complexity index is 547. The van der Waals surface area contributed by atoms with E-state index in [4.69, 9.17) is 4.74 Å². The molecule has 0 radical (unpaired) electrons. The summed E-state index contributed by atoms with van der Waals surface area (Å²) in [5.41, 5.74) is 0.970. The highest BCUT2D eigenvalue weighted by Crippen LogP contribution is 2.28. The Labute approximate surface area is 121 Å². The highest BCUT2D eigenvalue weighted by molar-refractivity contribution is 7.99. The van der Waals surface area contributed by atoms with Crippen LogP contribution in [0.1, 0.15) is 6.42 Å². The Morgan fingerprint density at radius 3 is 3.00 bits per heavy atom. The molecule has 2 unspecified atom stereocenters. The second-order valence-electron chi connectivity index (χ2n) is 4.62. The summed E-state index contributed by atoms with van der Waals surface area (Å²) in [6.07, 6.45) is 1.01. The van der Waals surface area contributed by atoms with Crippen molar-refractivity contribution in [3.05, 3.63) is 30.3 Å². The van der Waals surface area contributed by atoms with Crippen molar-refractivity contribution >= 4 is 11.8 Å². The molecular formula is C13H17N5OS. The maximum atomic E-state index is 5.57. The van der Waals surface area contributed by atoms with Crippen LogP contribution in [0, 0.1) is 0 Å². The fourth-order valence-electron chi connectivity index (χ4n) is 2.28. The number of hydrogen-bond acceptors (Lipinski definition) is 6. The second-order valence-corrected chi connectivity index (χ2v) is 5.83. The van der Waals surface area contributed by atoms with Crippen LogP contribution in [0.2, 0.25) is 0 Å². The topological polar surface area (TPSA) is 64.9 Å². The molecule has 0 bridgehead atoms. The van der Waals surface area contributed by atoms with Crippen LogP contribution in [0.5, 0.6) is 0 Å². The number of benzene rings is 1. The van der Waals surface area contributed by atoms with Crippen LogP contribution in [-0.2, 0) is 4.74 Å². The quantitative estimate of drug-likeness (QED) is 0.911. The van der Waals surface area contributed by atoms with Crippen molar-refractivity contribution in [3.63, 3.8) is 0 Å². The summed E-state index contributed by atoms with van der Waals surface area (Å²) in [6.45, 7) is 1.53. The molecule has 0 amide bonds. The zero-order chi connectivity index (χ0) is 13.8. The average molecular weight is 291 g/mol. The second kappa shape index (κ2) is 6.34. The van der Waals surface area contributed by atoms with Gasteiger partial charge < -0.3 is 10.1 Å². The van der Waals surface area contributed by atoms with Gasteiger partial charge in [0.05, 0.1) is 17.5 Å². The first-order valence-electron chi connectivity index (χ1n) is 6.64. The molecule has 0 aliphatic carbocycles. The molecule has 106 valence electrons. The van der Waals surface area contributed by atoms with Crippen LogP contribution in [0.15, 0.2) is 35.5 Å². The van der Waals surface area contributed by atoms with Crippen LogP contribution in [0.4, 0.5) is 0 Å². The van der Waals surface area contributed by atoms with Gasteiger partial charge in [-0.05, 0) is 36.0 Å². The van der Waals surface area contributed by atoms with Gasteiger partial charge in [-0.25, -0.2) is 0 Å². The third-order valence-electron chi connectivity index (χ3n) is 3.37. The fourth-order valence-corrected chi connectivity index (χ4v) is 3.47. The Hall–Kier alpha value is -1.44. The average Bonchev–Trinajstić information content (AvgIpc) is 2.97. The summed E-state index contributed by atoms with van der Waals surface area (Å²) in [5.74, 6) is 0. The van der Waals surface area contributed by atoms with E-state index in [1.165, 1.54) is 0 Å². The number of tetrazole rings is 1. The molecule has 2 heterocycles. The molecular weight excluding hydrogens is 274 g/mol. The van der Waals surface area contributed by atoms with Crippen molar-refractivity contribution in [2.75, 3.05) is 20.3 Å². The van der Waals surface area contributed by atoms with E-state index in [0.717, 1.165) is 30.5 Å². The van der Waals surface area contributed by atoms with Crippen LogP contribution >= 0.6 is 11.8 Å². The zero-order valence-electron chi connectivity index (χ0n) is 11.3. The minimum Gasteiger partial charge on any atom is -0.380 e. The number of hydrogen-bond donors (Lipinski definition) is 1. The predicted octanol–water partition coefficient (Wildman–Crippen LogP) is 1.13. The number of ether oxygens (including phenoxy) is 1. The lowest BCUT2D eigenvalue weighted by molar-refractivity contribution is 0.0850. The highest BCUT2D eigenvalue weighted by atomic mass is 32.2. The molecule has 6 nitrogen and oxygen atoms in total. The lowest BCUT2D eigenvalue weighted by Gasteiger charge is -2.30. The fraction of sp³-hybridized carbons (Fsp3) is 0.462. The first-order valence-corrected chi connectivity index (χ1v) is 7.52. The standard InChI is InChI=1S/C13H17N5OS/c1-14-11-7-8-19-9-12(11)20-13-15-16-17-18(13)10-5-3-2-4-6-10/h2-6,11-12,14H,7-9H2,1H3. The van der Waals surface area contributed by atoms with Gasteiger partial charge in [0, 0.05) is 12.6 Å². The summed E-state index contributed by atoms with van der Waals surface area (Å²) in [4.78, 5) is 0.